The van der Waals surface area contributed by atoms with Crippen LogP contribution in [0.1, 0.15) is 21.1 Å². The summed E-state index contributed by atoms with van der Waals surface area (Å²) in [5, 5.41) is 15.8. The first-order chi connectivity index (χ1) is 9.92. The topological polar surface area (TPSA) is 111 Å². The Labute approximate surface area is 132 Å². The van der Waals surface area contributed by atoms with Crippen molar-refractivity contribution in [3.8, 4) is 0 Å². The Bertz CT molecular complexity index is 717. The molecule has 0 bridgehead atoms. The van der Waals surface area contributed by atoms with Crippen molar-refractivity contribution in [2.24, 2.45) is 5.73 Å². The molecule has 0 aliphatic heterocycles. The lowest BCUT2D eigenvalue weighted by Crippen LogP contribution is -2.13. The monoisotopic (exact) mass is 370 g/mol. The molecule has 0 unspecified atom stereocenters. The number of nitro benzene ring substituents is 1. The van der Waals surface area contributed by atoms with Crippen LogP contribution in [0.15, 0.2) is 22.0 Å². The molecular formula is C12H11BrN4O3S. The number of halogens is 1. The molecule has 0 aliphatic carbocycles. The molecule has 1 aromatic heterocycles. The lowest BCUT2D eigenvalue weighted by atomic mass is 10.2. The van der Waals surface area contributed by atoms with Crippen LogP contribution in [0.25, 0.3) is 0 Å². The number of hydrogen-bond acceptors (Lipinski definition) is 6. The van der Waals surface area contributed by atoms with Crippen molar-refractivity contribution >= 4 is 44.5 Å². The smallest absolute Gasteiger partial charge is 0.275 e. The van der Waals surface area contributed by atoms with Crippen LogP contribution in [0.2, 0.25) is 0 Å². The summed E-state index contributed by atoms with van der Waals surface area (Å²) in [5.74, 6) is -0.440. The highest BCUT2D eigenvalue weighted by Gasteiger charge is 2.17. The predicted octanol–water partition coefficient (Wildman–Crippen LogP) is 2.83. The third kappa shape index (κ3) is 3.43. The number of aromatic nitrogens is 1. The molecule has 21 heavy (non-hydrogen) atoms. The van der Waals surface area contributed by atoms with Gasteiger partial charge < -0.3 is 11.1 Å². The standard InChI is InChI=1S/C12H11BrN4O3S/c1-6-2-7(13)8(3-10(6)17(19)20)16-12(18)9-5-21-11(4-14)15-9/h2-3,5H,4,14H2,1H3,(H,16,18). The van der Waals surface area contributed by atoms with Gasteiger partial charge >= 0.3 is 0 Å². The first-order valence-electron chi connectivity index (χ1n) is 5.82. The second kappa shape index (κ2) is 6.29. The van der Waals surface area contributed by atoms with Crippen molar-refractivity contribution in [3.05, 3.63) is 48.4 Å². The molecule has 9 heteroatoms. The van der Waals surface area contributed by atoms with Crippen LogP contribution in [0.3, 0.4) is 0 Å². The van der Waals surface area contributed by atoms with Gasteiger partial charge in [-0.3, -0.25) is 14.9 Å². The van der Waals surface area contributed by atoms with Gasteiger partial charge in [-0.05, 0) is 28.9 Å². The van der Waals surface area contributed by atoms with Crippen molar-refractivity contribution in [2.45, 2.75) is 13.5 Å². The molecule has 0 saturated heterocycles. The van der Waals surface area contributed by atoms with Crippen molar-refractivity contribution in [3.63, 3.8) is 0 Å². The average molecular weight is 371 g/mol. The minimum absolute atomic E-state index is 0.0607. The zero-order valence-corrected chi connectivity index (χ0v) is 13.3. The van der Waals surface area contributed by atoms with Gasteiger partial charge in [0.05, 0.1) is 10.6 Å². The van der Waals surface area contributed by atoms with Crippen LogP contribution in [0.4, 0.5) is 11.4 Å². The van der Waals surface area contributed by atoms with Crippen LogP contribution >= 0.6 is 27.3 Å². The van der Waals surface area contributed by atoms with Crippen molar-refractivity contribution < 1.29 is 9.72 Å². The van der Waals surface area contributed by atoms with Gasteiger partial charge in [0, 0.05) is 28.0 Å². The maximum atomic E-state index is 12.1. The number of nitrogens with one attached hydrogen (secondary N) is 1. The molecule has 3 N–H and O–H groups in total. The van der Waals surface area contributed by atoms with E-state index in [1.54, 1.807) is 18.4 Å². The second-order valence-corrected chi connectivity index (χ2v) is 5.96. The van der Waals surface area contributed by atoms with Crippen LogP contribution in [0.5, 0.6) is 0 Å². The average Bonchev–Trinajstić information content (AvgIpc) is 2.90. The number of carbonyl (C=O) groups is 1. The van der Waals surface area contributed by atoms with Gasteiger partial charge in [0.15, 0.2) is 0 Å². The summed E-state index contributed by atoms with van der Waals surface area (Å²) >= 11 is 4.56. The largest absolute Gasteiger partial charge is 0.325 e. The van der Waals surface area contributed by atoms with Gasteiger partial charge in [-0.15, -0.1) is 11.3 Å². The first kappa shape index (κ1) is 15.5. The van der Waals surface area contributed by atoms with E-state index >= 15 is 0 Å². The molecule has 0 spiro atoms. The third-order valence-electron chi connectivity index (χ3n) is 2.69. The summed E-state index contributed by atoms with van der Waals surface area (Å²) in [4.78, 5) is 26.6. The van der Waals surface area contributed by atoms with E-state index in [0.717, 1.165) is 0 Å². The number of benzene rings is 1. The van der Waals surface area contributed by atoms with Crippen LogP contribution < -0.4 is 11.1 Å². The summed E-state index contributed by atoms with van der Waals surface area (Å²) < 4.78 is 0.563. The van der Waals surface area contributed by atoms with E-state index in [0.29, 0.717) is 20.7 Å². The number of hydrogen-bond donors (Lipinski definition) is 2. The van der Waals surface area contributed by atoms with E-state index in [1.165, 1.54) is 17.4 Å². The molecule has 1 aromatic carbocycles. The molecule has 0 aliphatic rings. The fraction of sp³-hybridized carbons (Fsp3) is 0.167. The van der Waals surface area contributed by atoms with Gasteiger partial charge in [-0.2, -0.15) is 0 Å². The first-order valence-corrected chi connectivity index (χ1v) is 7.50. The Morgan fingerprint density at radius 3 is 2.86 bits per heavy atom. The van der Waals surface area contributed by atoms with Crippen LogP contribution in [-0.2, 0) is 6.54 Å². The maximum Gasteiger partial charge on any atom is 0.275 e. The second-order valence-electron chi connectivity index (χ2n) is 4.16. The molecule has 0 fully saturated rings. The quantitative estimate of drug-likeness (QED) is 0.634. The molecule has 0 saturated carbocycles. The highest BCUT2D eigenvalue weighted by molar-refractivity contribution is 9.10. The van der Waals surface area contributed by atoms with E-state index in [4.69, 9.17) is 5.73 Å². The number of anilines is 1. The summed E-state index contributed by atoms with van der Waals surface area (Å²) in [7, 11) is 0. The Hall–Kier alpha value is -1.84. The minimum Gasteiger partial charge on any atom is -0.325 e. The summed E-state index contributed by atoms with van der Waals surface area (Å²) in [5.41, 5.74) is 6.44. The normalized spacial score (nSPS) is 10.4. The summed E-state index contributed by atoms with van der Waals surface area (Å²) in [6.45, 7) is 1.89. The highest BCUT2D eigenvalue weighted by Crippen LogP contribution is 2.31. The minimum atomic E-state index is -0.493. The molecule has 0 atom stereocenters. The van der Waals surface area contributed by atoms with Crippen LogP contribution in [0, 0.1) is 17.0 Å². The molecule has 2 rings (SSSR count). The number of thiazole rings is 1. The predicted molar refractivity (Wildman–Crippen MR) is 83.5 cm³/mol. The van der Waals surface area contributed by atoms with Crippen molar-refractivity contribution in [2.75, 3.05) is 5.32 Å². The Morgan fingerprint density at radius 1 is 1.57 bits per heavy atom. The molecule has 7 nitrogen and oxygen atoms in total. The number of nitro groups is 1. The van der Waals surface area contributed by atoms with E-state index in [1.807, 2.05) is 0 Å². The number of aryl methyl sites for hydroxylation is 1. The fourth-order valence-corrected chi connectivity index (χ4v) is 2.86. The lowest BCUT2D eigenvalue weighted by molar-refractivity contribution is -0.385. The third-order valence-corrected chi connectivity index (χ3v) is 4.22. The molecule has 2 aromatic rings. The molecular weight excluding hydrogens is 360 g/mol. The van der Waals surface area contributed by atoms with E-state index in [-0.39, 0.29) is 17.9 Å². The summed E-state index contributed by atoms with van der Waals surface area (Å²) in [6, 6.07) is 2.90. The Balaban J connectivity index is 2.28. The molecule has 110 valence electrons. The fourth-order valence-electron chi connectivity index (χ4n) is 1.65. The molecule has 1 amide bonds. The number of nitrogens with zero attached hydrogens (tertiary/aromatic N) is 2. The lowest BCUT2D eigenvalue weighted by Gasteiger charge is -2.07. The van der Waals surface area contributed by atoms with E-state index in [2.05, 4.69) is 26.2 Å². The number of nitrogens with two attached hydrogens (primary N) is 1. The van der Waals surface area contributed by atoms with Gasteiger partial charge in [-0.25, -0.2) is 4.98 Å². The van der Waals surface area contributed by atoms with E-state index < -0.39 is 10.8 Å². The number of rotatable bonds is 4. The van der Waals surface area contributed by atoms with Gasteiger partial charge in [0.2, 0.25) is 0 Å². The molecule has 0 radical (unpaired) electrons. The SMILES string of the molecule is Cc1cc(Br)c(NC(=O)c2csc(CN)n2)cc1[N+](=O)[O-]. The van der Waals surface area contributed by atoms with Gasteiger partial charge in [-0.1, -0.05) is 0 Å². The highest BCUT2D eigenvalue weighted by atomic mass is 79.9. The summed E-state index contributed by atoms with van der Waals surface area (Å²) in [6.07, 6.45) is 0. The van der Waals surface area contributed by atoms with E-state index in [9.17, 15) is 14.9 Å². The van der Waals surface area contributed by atoms with Gasteiger partial charge in [0.25, 0.3) is 11.6 Å². The Morgan fingerprint density at radius 2 is 2.29 bits per heavy atom. The van der Waals surface area contributed by atoms with Crippen molar-refractivity contribution in [1.29, 1.82) is 0 Å². The maximum absolute atomic E-state index is 12.1. The molecule has 1 heterocycles. The zero-order valence-electron chi connectivity index (χ0n) is 10.9. The number of amides is 1. The van der Waals surface area contributed by atoms with Gasteiger partial charge in [0.1, 0.15) is 10.7 Å². The number of carbonyl (C=O) groups excluding carboxylic acids is 1. The zero-order chi connectivity index (χ0) is 15.6. The van der Waals surface area contributed by atoms with Crippen LogP contribution in [-0.4, -0.2) is 15.8 Å². The van der Waals surface area contributed by atoms with Crippen molar-refractivity contribution in [1.82, 2.24) is 4.98 Å². The Kier molecular flexibility index (Phi) is 4.66.